The number of ether oxygens (including phenoxy) is 1. The molecule has 2 fully saturated rings. The Hall–Kier alpha value is -1.46. The van der Waals surface area contributed by atoms with Crippen molar-refractivity contribution in [1.82, 2.24) is 10.2 Å². The Morgan fingerprint density at radius 1 is 1.24 bits per heavy atom. The molecule has 3 rings (SSSR count). The summed E-state index contributed by atoms with van der Waals surface area (Å²) in [5.41, 5.74) is 0.722. The van der Waals surface area contributed by atoms with E-state index in [1.807, 2.05) is 12.1 Å². The number of hydrogen-bond donors (Lipinski definition) is 1. The summed E-state index contributed by atoms with van der Waals surface area (Å²) in [7, 11) is 0. The molecular formula is C20H29FN2O2. The predicted octanol–water partition coefficient (Wildman–Crippen LogP) is 2.77. The average molecular weight is 348 g/mol. The van der Waals surface area contributed by atoms with Gasteiger partial charge in [-0.15, -0.1) is 0 Å². The van der Waals surface area contributed by atoms with Crippen molar-refractivity contribution in [2.75, 3.05) is 32.8 Å². The second-order valence-electron chi connectivity index (χ2n) is 7.16. The smallest absolute Gasteiger partial charge is 0.224 e. The number of carbonyl (C=O) groups is 1. The maximum absolute atomic E-state index is 13.6. The van der Waals surface area contributed by atoms with Crippen molar-refractivity contribution in [3.8, 4) is 0 Å². The number of carbonyl (C=O) groups excluding carboxylic acids is 1. The summed E-state index contributed by atoms with van der Waals surface area (Å²) in [5, 5.41) is 3.05. The Morgan fingerprint density at radius 3 is 2.84 bits per heavy atom. The fourth-order valence-electron chi connectivity index (χ4n) is 3.94. The summed E-state index contributed by atoms with van der Waals surface area (Å²) in [5.74, 6) is 0.0866. The molecule has 0 bridgehead atoms. The Labute approximate surface area is 149 Å². The molecule has 1 amide bonds. The second-order valence-corrected chi connectivity index (χ2v) is 7.16. The van der Waals surface area contributed by atoms with E-state index < -0.39 is 0 Å². The molecule has 4 nitrogen and oxygen atoms in total. The first kappa shape index (κ1) is 18.3. The van der Waals surface area contributed by atoms with Crippen LogP contribution in [0, 0.1) is 11.7 Å². The Balaban J connectivity index is 1.39. The first-order valence-corrected chi connectivity index (χ1v) is 9.57. The van der Waals surface area contributed by atoms with Gasteiger partial charge < -0.3 is 10.1 Å². The number of aryl methyl sites for hydroxylation is 1. The highest BCUT2D eigenvalue weighted by atomic mass is 19.1. The molecule has 0 saturated carbocycles. The molecule has 0 radical (unpaired) electrons. The molecule has 0 spiro atoms. The molecule has 2 saturated heterocycles. The molecule has 0 aliphatic carbocycles. The normalized spacial score (nSPS) is 22.7. The summed E-state index contributed by atoms with van der Waals surface area (Å²) in [6.07, 6.45) is 5.65. The van der Waals surface area contributed by atoms with E-state index in [1.165, 1.54) is 6.07 Å². The number of hydrogen-bond acceptors (Lipinski definition) is 3. The molecule has 1 atom stereocenters. The Morgan fingerprint density at radius 2 is 2.04 bits per heavy atom. The van der Waals surface area contributed by atoms with Crippen molar-refractivity contribution in [2.45, 2.75) is 44.6 Å². The molecule has 25 heavy (non-hydrogen) atoms. The van der Waals surface area contributed by atoms with Gasteiger partial charge in [0, 0.05) is 32.3 Å². The molecule has 1 aromatic carbocycles. The third kappa shape index (κ3) is 5.25. The van der Waals surface area contributed by atoms with Crippen molar-refractivity contribution in [3.05, 3.63) is 35.6 Å². The highest BCUT2D eigenvalue weighted by Crippen LogP contribution is 2.23. The molecule has 5 heteroatoms. The van der Waals surface area contributed by atoms with Crippen LogP contribution in [0.5, 0.6) is 0 Å². The first-order chi connectivity index (χ1) is 12.2. The number of halogens is 1. The van der Waals surface area contributed by atoms with E-state index >= 15 is 0 Å². The number of piperidine rings is 1. The first-order valence-electron chi connectivity index (χ1n) is 9.57. The van der Waals surface area contributed by atoms with Crippen LogP contribution in [0.15, 0.2) is 24.3 Å². The summed E-state index contributed by atoms with van der Waals surface area (Å²) in [6.45, 7) is 4.26. The van der Waals surface area contributed by atoms with Crippen molar-refractivity contribution in [1.29, 1.82) is 0 Å². The van der Waals surface area contributed by atoms with Gasteiger partial charge in [-0.25, -0.2) is 4.39 Å². The lowest BCUT2D eigenvalue weighted by Gasteiger charge is -2.39. The van der Waals surface area contributed by atoms with Gasteiger partial charge in [-0.2, -0.15) is 0 Å². The minimum Gasteiger partial charge on any atom is -0.381 e. The van der Waals surface area contributed by atoms with E-state index in [4.69, 9.17) is 4.74 Å². The zero-order valence-electron chi connectivity index (χ0n) is 14.9. The van der Waals surface area contributed by atoms with Crippen LogP contribution in [0.3, 0.4) is 0 Å². The number of benzene rings is 1. The van der Waals surface area contributed by atoms with Gasteiger partial charge in [0.15, 0.2) is 0 Å². The molecule has 1 aromatic rings. The zero-order valence-corrected chi connectivity index (χ0v) is 14.9. The second kappa shape index (κ2) is 9.30. The molecule has 0 aromatic heterocycles. The van der Waals surface area contributed by atoms with Gasteiger partial charge in [-0.3, -0.25) is 9.69 Å². The largest absolute Gasteiger partial charge is 0.381 e. The molecule has 2 aliphatic heterocycles. The minimum absolute atomic E-state index is 0.0880. The molecule has 0 unspecified atom stereocenters. The molecule has 1 N–H and O–H groups in total. The fraction of sp³-hybridized carbons (Fsp3) is 0.650. The minimum atomic E-state index is -0.159. The Kier molecular flexibility index (Phi) is 6.82. The summed E-state index contributed by atoms with van der Waals surface area (Å²) in [4.78, 5) is 14.9. The highest BCUT2D eigenvalue weighted by molar-refractivity contribution is 5.78. The molecule has 2 heterocycles. The number of nitrogens with zero attached hydrogens (tertiary/aromatic N) is 1. The topological polar surface area (TPSA) is 41.6 Å². The molecule has 2 aliphatic rings. The van der Waals surface area contributed by atoms with Crippen LogP contribution in [-0.4, -0.2) is 49.7 Å². The van der Waals surface area contributed by atoms with E-state index in [1.54, 1.807) is 6.07 Å². The quantitative estimate of drug-likeness (QED) is 0.804. The van der Waals surface area contributed by atoms with E-state index in [0.29, 0.717) is 19.0 Å². The van der Waals surface area contributed by atoms with Gasteiger partial charge in [0.1, 0.15) is 5.82 Å². The lowest BCUT2D eigenvalue weighted by molar-refractivity contribution is -0.127. The summed E-state index contributed by atoms with van der Waals surface area (Å²) < 4.78 is 19.0. The highest BCUT2D eigenvalue weighted by Gasteiger charge is 2.30. The fourth-order valence-corrected chi connectivity index (χ4v) is 3.94. The van der Waals surface area contributed by atoms with Gasteiger partial charge >= 0.3 is 0 Å². The lowest BCUT2D eigenvalue weighted by Crippen LogP contribution is -2.48. The molecule has 138 valence electrons. The van der Waals surface area contributed by atoms with Crippen LogP contribution >= 0.6 is 0 Å². The van der Waals surface area contributed by atoms with E-state index in [-0.39, 0.29) is 17.6 Å². The SMILES string of the molecule is O=C(NCCCc1ccccc1F)[C@@H]1CCCN(C2CCOCC2)C1. The third-order valence-electron chi connectivity index (χ3n) is 5.41. The maximum atomic E-state index is 13.6. The third-order valence-corrected chi connectivity index (χ3v) is 5.41. The molecular weight excluding hydrogens is 319 g/mol. The maximum Gasteiger partial charge on any atom is 0.224 e. The lowest BCUT2D eigenvalue weighted by atomic mass is 9.94. The van der Waals surface area contributed by atoms with Crippen LogP contribution in [0.1, 0.15) is 37.7 Å². The summed E-state index contributed by atoms with van der Waals surface area (Å²) >= 11 is 0. The number of nitrogens with one attached hydrogen (secondary N) is 1. The predicted molar refractivity (Wildman–Crippen MR) is 95.9 cm³/mol. The number of rotatable bonds is 6. The Bertz CT molecular complexity index is 560. The number of likely N-dealkylation sites (tertiary alicyclic amines) is 1. The van der Waals surface area contributed by atoms with Crippen LogP contribution in [-0.2, 0) is 16.0 Å². The zero-order chi connectivity index (χ0) is 17.5. The van der Waals surface area contributed by atoms with Crippen LogP contribution < -0.4 is 5.32 Å². The standard InChI is InChI=1S/C20H29FN2O2/c21-19-8-2-1-5-16(19)6-3-11-22-20(24)17-7-4-12-23(15-17)18-9-13-25-14-10-18/h1-2,5,8,17-18H,3-4,6-7,9-15H2,(H,22,24)/t17-/m1/s1. The van der Waals surface area contributed by atoms with Crippen LogP contribution in [0.2, 0.25) is 0 Å². The monoisotopic (exact) mass is 348 g/mol. The van der Waals surface area contributed by atoms with Gasteiger partial charge in [-0.05, 0) is 56.7 Å². The van der Waals surface area contributed by atoms with E-state index in [2.05, 4.69) is 10.2 Å². The van der Waals surface area contributed by atoms with Gasteiger partial charge in [0.05, 0.1) is 5.92 Å². The van der Waals surface area contributed by atoms with Crippen molar-refractivity contribution in [3.63, 3.8) is 0 Å². The summed E-state index contributed by atoms with van der Waals surface area (Å²) in [6, 6.07) is 7.42. The van der Waals surface area contributed by atoms with Crippen LogP contribution in [0.4, 0.5) is 4.39 Å². The van der Waals surface area contributed by atoms with Gasteiger partial charge in [-0.1, -0.05) is 18.2 Å². The van der Waals surface area contributed by atoms with Crippen molar-refractivity contribution in [2.24, 2.45) is 5.92 Å². The van der Waals surface area contributed by atoms with Crippen molar-refractivity contribution < 1.29 is 13.9 Å². The number of amides is 1. The van der Waals surface area contributed by atoms with E-state index in [0.717, 1.165) is 64.0 Å². The van der Waals surface area contributed by atoms with Crippen molar-refractivity contribution >= 4 is 5.91 Å². The van der Waals surface area contributed by atoms with Gasteiger partial charge in [0.2, 0.25) is 5.91 Å². The van der Waals surface area contributed by atoms with Crippen LogP contribution in [0.25, 0.3) is 0 Å². The van der Waals surface area contributed by atoms with E-state index in [9.17, 15) is 9.18 Å². The average Bonchev–Trinajstić information content (AvgIpc) is 2.67. The van der Waals surface area contributed by atoms with Gasteiger partial charge in [0.25, 0.3) is 0 Å².